The van der Waals surface area contributed by atoms with Gasteiger partial charge in [0.15, 0.2) is 0 Å². The molecule has 8 heteroatoms. The molecule has 0 saturated heterocycles. The molecule has 2 aromatic carbocycles. The Kier molecular flexibility index (Phi) is 10.1. The van der Waals surface area contributed by atoms with Crippen LogP contribution in [0, 0.1) is 13.8 Å². The van der Waals surface area contributed by atoms with Gasteiger partial charge in [-0.2, -0.15) is 0 Å². The fourth-order valence-electron chi connectivity index (χ4n) is 3.76. The maximum Gasteiger partial charge on any atom is 0.244 e. The summed E-state index contributed by atoms with van der Waals surface area (Å²) in [6.07, 6.45) is 2.87. The van der Waals surface area contributed by atoms with E-state index in [2.05, 4.69) is 5.32 Å². The number of rotatable bonds is 12. The van der Waals surface area contributed by atoms with Gasteiger partial charge in [0.05, 0.1) is 11.9 Å². The molecule has 186 valence electrons. The van der Waals surface area contributed by atoms with Gasteiger partial charge < -0.3 is 10.2 Å². The fraction of sp³-hybridized carbons (Fsp3) is 0.462. The summed E-state index contributed by atoms with van der Waals surface area (Å²) in [4.78, 5) is 28.0. The van der Waals surface area contributed by atoms with Gasteiger partial charge in [-0.3, -0.25) is 13.9 Å². The van der Waals surface area contributed by atoms with Crippen molar-refractivity contribution in [3.63, 3.8) is 0 Å². The molecule has 34 heavy (non-hydrogen) atoms. The van der Waals surface area contributed by atoms with Crippen molar-refractivity contribution < 1.29 is 18.0 Å². The first kappa shape index (κ1) is 27.4. The Labute approximate surface area is 204 Å². The summed E-state index contributed by atoms with van der Waals surface area (Å²) >= 11 is 0. The van der Waals surface area contributed by atoms with Crippen LogP contribution in [0.5, 0.6) is 0 Å². The van der Waals surface area contributed by atoms with Crippen molar-refractivity contribution >= 4 is 27.5 Å². The van der Waals surface area contributed by atoms with Crippen LogP contribution in [0.2, 0.25) is 0 Å². The van der Waals surface area contributed by atoms with Crippen molar-refractivity contribution in [2.24, 2.45) is 0 Å². The Morgan fingerprint density at radius 1 is 1.00 bits per heavy atom. The lowest BCUT2D eigenvalue weighted by atomic mass is 10.1. The van der Waals surface area contributed by atoms with Crippen LogP contribution >= 0.6 is 0 Å². The zero-order valence-corrected chi connectivity index (χ0v) is 21.7. The number of amides is 2. The average molecular weight is 488 g/mol. The molecule has 0 aromatic heterocycles. The van der Waals surface area contributed by atoms with Crippen LogP contribution in [0.3, 0.4) is 0 Å². The van der Waals surface area contributed by atoms with Crippen molar-refractivity contribution in [3.8, 4) is 0 Å². The van der Waals surface area contributed by atoms with E-state index < -0.39 is 22.0 Å². The van der Waals surface area contributed by atoms with E-state index in [1.54, 1.807) is 12.1 Å². The van der Waals surface area contributed by atoms with Crippen LogP contribution in [0.4, 0.5) is 5.69 Å². The number of hydrogen-bond donors (Lipinski definition) is 1. The topological polar surface area (TPSA) is 86.8 Å². The molecule has 1 atom stereocenters. The molecule has 0 bridgehead atoms. The SMILES string of the molecule is CCCNC(=O)[C@H](CC)N(CCc1ccccc1)C(=O)CN(c1ccc(C)c(C)c1)S(C)(=O)=O. The van der Waals surface area contributed by atoms with Gasteiger partial charge in [0.25, 0.3) is 0 Å². The average Bonchev–Trinajstić information content (AvgIpc) is 2.80. The molecule has 0 saturated carbocycles. The lowest BCUT2D eigenvalue weighted by Crippen LogP contribution is -2.53. The molecule has 0 aliphatic heterocycles. The van der Waals surface area contributed by atoms with Gasteiger partial charge in [0.1, 0.15) is 12.6 Å². The summed E-state index contributed by atoms with van der Waals surface area (Å²) in [5, 5.41) is 2.88. The second-order valence-electron chi connectivity index (χ2n) is 8.58. The number of carbonyl (C=O) groups is 2. The summed E-state index contributed by atoms with van der Waals surface area (Å²) in [6.45, 7) is 8.14. The molecule has 2 rings (SSSR count). The molecule has 1 N–H and O–H groups in total. The minimum Gasteiger partial charge on any atom is -0.354 e. The number of aryl methyl sites for hydroxylation is 2. The van der Waals surface area contributed by atoms with E-state index in [9.17, 15) is 18.0 Å². The van der Waals surface area contributed by atoms with Crippen LogP contribution in [-0.4, -0.2) is 57.1 Å². The standard InChI is InChI=1S/C26H37N3O4S/c1-6-16-27-26(31)24(7-2)28(17-15-22-11-9-8-10-12-22)25(30)19-29(34(5,32)33)23-14-13-20(3)21(4)18-23/h8-14,18,24H,6-7,15-17,19H2,1-5H3,(H,27,31)/t24-/m0/s1. The number of benzene rings is 2. The third kappa shape index (κ3) is 7.58. The summed E-state index contributed by atoms with van der Waals surface area (Å²) in [7, 11) is -3.72. The molecule has 0 fully saturated rings. The molecular weight excluding hydrogens is 450 g/mol. The van der Waals surface area contributed by atoms with Crippen LogP contribution in [-0.2, 0) is 26.0 Å². The second-order valence-corrected chi connectivity index (χ2v) is 10.5. The largest absolute Gasteiger partial charge is 0.354 e. The third-order valence-electron chi connectivity index (χ3n) is 5.88. The van der Waals surface area contributed by atoms with Gasteiger partial charge in [0, 0.05) is 13.1 Å². The van der Waals surface area contributed by atoms with E-state index in [1.165, 1.54) is 4.90 Å². The van der Waals surface area contributed by atoms with Crippen molar-refractivity contribution in [2.75, 3.05) is 30.2 Å². The molecule has 0 spiro atoms. The molecule has 0 unspecified atom stereocenters. The Morgan fingerprint density at radius 3 is 2.24 bits per heavy atom. The first-order valence-corrected chi connectivity index (χ1v) is 13.6. The first-order chi connectivity index (χ1) is 16.1. The van der Waals surface area contributed by atoms with E-state index in [1.807, 2.05) is 64.1 Å². The normalized spacial score (nSPS) is 12.1. The Bertz CT molecular complexity index is 1070. The fourth-order valence-corrected chi connectivity index (χ4v) is 4.60. The highest BCUT2D eigenvalue weighted by Gasteiger charge is 2.31. The molecule has 0 aliphatic carbocycles. The minimum atomic E-state index is -3.72. The molecule has 7 nitrogen and oxygen atoms in total. The Morgan fingerprint density at radius 2 is 1.68 bits per heavy atom. The van der Waals surface area contributed by atoms with Crippen LogP contribution in [0.15, 0.2) is 48.5 Å². The van der Waals surface area contributed by atoms with Crippen molar-refractivity contribution in [1.82, 2.24) is 10.2 Å². The van der Waals surface area contributed by atoms with Gasteiger partial charge in [-0.05, 0) is 61.9 Å². The number of sulfonamides is 1. The van der Waals surface area contributed by atoms with Gasteiger partial charge in [-0.25, -0.2) is 8.42 Å². The monoisotopic (exact) mass is 487 g/mol. The van der Waals surface area contributed by atoms with E-state index in [0.717, 1.165) is 33.7 Å². The lowest BCUT2D eigenvalue weighted by Gasteiger charge is -2.33. The summed E-state index contributed by atoms with van der Waals surface area (Å²) in [5.74, 6) is -0.624. The number of nitrogens with zero attached hydrogens (tertiary/aromatic N) is 2. The predicted octanol–water partition coefficient (Wildman–Crippen LogP) is 3.45. The first-order valence-electron chi connectivity index (χ1n) is 11.7. The van der Waals surface area contributed by atoms with Crippen LogP contribution < -0.4 is 9.62 Å². The quantitative estimate of drug-likeness (QED) is 0.497. The molecule has 0 aliphatic rings. The second kappa shape index (κ2) is 12.6. The van der Waals surface area contributed by atoms with E-state index >= 15 is 0 Å². The van der Waals surface area contributed by atoms with Crippen molar-refractivity contribution in [1.29, 1.82) is 0 Å². The van der Waals surface area contributed by atoms with Gasteiger partial charge in [0.2, 0.25) is 21.8 Å². The third-order valence-corrected chi connectivity index (χ3v) is 7.02. The number of hydrogen-bond acceptors (Lipinski definition) is 4. The Balaban J connectivity index is 2.36. The zero-order valence-electron chi connectivity index (χ0n) is 20.9. The highest BCUT2D eigenvalue weighted by atomic mass is 32.2. The minimum absolute atomic E-state index is 0.220. The highest BCUT2D eigenvalue weighted by Crippen LogP contribution is 2.22. The Hall–Kier alpha value is -2.87. The highest BCUT2D eigenvalue weighted by molar-refractivity contribution is 7.92. The molecule has 0 heterocycles. The van der Waals surface area contributed by atoms with Crippen molar-refractivity contribution in [2.45, 2.75) is 53.0 Å². The van der Waals surface area contributed by atoms with Crippen molar-refractivity contribution in [3.05, 3.63) is 65.2 Å². The zero-order chi connectivity index (χ0) is 25.3. The van der Waals surface area contributed by atoms with Crippen LogP contribution in [0.25, 0.3) is 0 Å². The lowest BCUT2D eigenvalue weighted by molar-refractivity contribution is -0.139. The maximum absolute atomic E-state index is 13.6. The number of nitrogens with one attached hydrogen (secondary N) is 1. The summed E-state index contributed by atoms with van der Waals surface area (Å²) in [5.41, 5.74) is 3.44. The molecular formula is C26H37N3O4S. The summed E-state index contributed by atoms with van der Waals surface area (Å²) < 4.78 is 26.4. The van der Waals surface area contributed by atoms with Crippen LogP contribution in [0.1, 0.15) is 43.4 Å². The predicted molar refractivity (Wildman–Crippen MR) is 137 cm³/mol. The number of anilines is 1. The van der Waals surface area contributed by atoms with Gasteiger partial charge >= 0.3 is 0 Å². The van der Waals surface area contributed by atoms with Gasteiger partial charge in [-0.1, -0.05) is 50.2 Å². The van der Waals surface area contributed by atoms with E-state index in [-0.39, 0.29) is 12.5 Å². The molecule has 2 amide bonds. The molecule has 0 radical (unpaired) electrons. The summed E-state index contributed by atoms with van der Waals surface area (Å²) in [6, 6.07) is 14.4. The smallest absolute Gasteiger partial charge is 0.244 e. The van der Waals surface area contributed by atoms with E-state index in [0.29, 0.717) is 31.6 Å². The van der Waals surface area contributed by atoms with E-state index in [4.69, 9.17) is 0 Å². The maximum atomic E-state index is 13.6. The molecule has 2 aromatic rings. The van der Waals surface area contributed by atoms with Gasteiger partial charge in [-0.15, -0.1) is 0 Å². The number of carbonyl (C=O) groups excluding carboxylic acids is 2.